The number of benzene rings is 1. The van der Waals surface area contributed by atoms with Crippen molar-refractivity contribution in [2.45, 2.75) is 63.6 Å². The van der Waals surface area contributed by atoms with Gasteiger partial charge in [-0.1, -0.05) is 35.5 Å². The second-order valence-electron chi connectivity index (χ2n) is 7.39. The van der Waals surface area contributed by atoms with Crippen molar-refractivity contribution >= 4 is 17.7 Å². The first kappa shape index (κ1) is 18.2. The number of hydrogen-bond acceptors (Lipinski definition) is 5. The van der Waals surface area contributed by atoms with E-state index in [1.807, 2.05) is 19.1 Å². The van der Waals surface area contributed by atoms with Crippen LogP contribution in [0.3, 0.4) is 0 Å². The first-order chi connectivity index (χ1) is 13.1. The second kappa shape index (κ2) is 7.84. The van der Waals surface area contributed by atoms with Gasteiger partial charge in [-0.25, -0.2) is 0 Å². The molecule has 1 amide bonds. The standard InChI is InChI=1S/C20H25N5OS/c1-14-8-11-18(15(2)12-14)25-20(21-22-23-25)27-13-19(26)24(17-9-10-17)16-6-4-3-5-7-16/h6,8,11-12,17H,3-5,7,9-10,13H2,1-2H3. The van der Waals surface area contributed by atoms with E-state index in [2.05, 4.69) is 39.5 Å². The van der Waals surface area contributed by atoms with Crippen LogP contribution >= 0.6 is 11.8 Å². The lowest BCUT2D eigenvalue weighted by molar-refractivity contribution is -0.127. The highest BCUT2D eigenvalue weighted by Gasteiger charge is 2.35. The number of aryl methyl sites for hydroxylation is 2. The van der Waals surface area contributed by atoms with Crippen LogP contribution in [0.5, 0.6) is 0 Å². The maximum absolute atomic E-state index is 13.0. The lowest BCUT2D eigenvalue weighted by Crippen LogP contribution is -2.34. The molecule has 0 atom stereocenters. The summed E-state index contributed by atoms with van der Waals surface area (Å²) in [6, 6.07) is 6.59. The molecule has 0 bridgehead atoms. The van der Waals surface area contributed by atoms with Gasteiger partial charge in [-0.05, 0) is 74.4 Å². The molecule has 0 spiro atoms. The van der Waals surface area contributed by atoms with E-state index in [1.165, 1.54) is 35.9 Å². The molecule has 0 unspecified atom stereocenters. The Kier molecular flexibility index (Phi) is 5.29. The molecule has 1 saturated carbocycles. The van der Waals surface area contributed by atoms with Gasteiger partial charge in [-0.15, -0.1) is 5.10 Å². The number of nitrogens with zero attached hydrogens (tertiary/aromatic N) is 5. The van der Waals surface area contributed by atoms with E-state index in [0.29, 0.717) is 17.0 Å². The number of amides is 1. The minimum atomic E-state index is 0.172. The van der Waals surface area contributed by atoms with Crippen molar-refractivity contribution in [1.82, 2.24) is 25.1 Å². The number of hydrogen-bond donors (Lipinski definition) is 0. The van der Waals surface area contributed by atoms with E-state index < -0.39 is 0 Å². The van der Waals surface area contributed by atoms with Crippen LogP contribution in [0.25, 0.3) is 5.69 Å². The first-order valence-electron chi connectivity index (χ1n) is 9.63. The van der Waals surface area contributed by atoms with E-state index in [9.17, 15) is 4.79 Å². The van der Waals surface area contributed by atoms with Crippen molar-refractivity contribution in [3.63, 3.8) is 0 Å². The van der Waals surface area contributed by atoms with Crippen LogP contribution in [0.15, 0.2) is 35.1 Å². The fourth-order valence-electron chi connectivity index (χ4n) is 3.63. The van der Waals surface area contributed by atoms with Crippen molar-refractivity contribution in [3.05, 3.63) is 41.1 Å². The SMILES string of the molecule is Cc1ccc(-n2nnnc2SCC(=O)N(C2=CCCCC2)C2CC2)c(C)c1. The molecular formula is C20H25N5OS. The van der Waals surface area contributed by atoms with Crippen molar-refractivity contribution in [1.29, 1.82) is 0 Å². The minimum Gasteiger partial charge on any atom is -0.313 e. The average Bonchev–Trinajstić information content (AvgIpc) is 3.38. The Labute approximate surface area is 164 Å². The monoisotopic (exact) mass is 383 g/mol. The zero-order valence-corrected chi connectivity index (χ0v) is 16.7. The number of carbonyl (C=O) groups excluding carboxylic acids is 1. The molecule has 142 valence electrons. The number of rotatable bonds is 6. The van der Waals surface area contributed by atoms with Crippen molar-refractivity contribution < 1.29 is 4.79 Å². The van der Waals surface area contributed by atoms with Gasteiger partial charge < -0.3 is 4.90 Å². The van der Waals surface area contributed by atoms with E-state index in [4.69, 9.17) is 0 Å². The van der Waals surface area contributed by atoms with Crippen LogP contribution < -0.4 is 0 Å². The summed E-state index contributed by atoms with van der Waals surface area (Å²) in [5, 5.41) is 12.8. The van der Waals surface area contributed by atoms with Crippen LogP contribution in [0.4, 0.5) is 0 Å². The summed E-state index contributed by atoms with van der Waals surface area (Å²) in [6.07, 6.45) is 9.01. The molecule has 0 radical (unpaired) electrons. The molecule has 1 heterocycles. The molecule has 27 heavy (non-hydrogen) atoms. The Morgan fingerprint density at radius 2 is 2.15 bits per heavy atom. The van der Waals surface area contributed by atoms with E-state index in [-0.39, 0.29) is 5.91 Å². The molecular weight excluding hydrogens is 358 g/mol. The Hall–Kier alpha value is -2.15. The van der Waals surface area contributed by atoms with Crippen molar-refractivity contribution in [2.75, 3.05) is 5.75 Å². The summed E-state index contributed by atoms with van der Waals surface area (Å²) in [5.74, 6) is 0.532. The third-order valence-corrected chi connectivity index (χ3v) is 6.01. The van der Waals surface area contributed by atoms with Gasteiger partial charge in [0.1, 0.15) is 0 Å². The zero-order chi connectivity index (χ0) is 18.8. The molecule has 7 heteroatoms. The lowest BCUT2D eigenvalue weighted by Gasteiger charge is -2.27. The van der Waals surface area contributed by atoms with Gasteiger partial charge in [-0.3, -0.25) is 4.79 Å². The van der Waals surface area contributed by atoms with Crippen LogP contribution in [0, 0.1) is 13.8 Å². The van der Waals surface area contributed by atoms with E-state index in [1.54, 1.807) is 4.68 Å². The van der Waals surface area contributed by atoms with Gasteiger partial charge in [0.15, 0.2) is 0 Å². The number of allylic oxidation sites excluding steroid dienone is 2. The molecule has 1 fully saturated rings. The Balaban J connectivity index is 1.48. The summed E-state index contributed by atoms with van der Waals surface area (Å²) >= 11 is 1.42. The Morgan fingerprint density at radius 1 is 1.30 bits per heavy atom. The topological polar surface area (TPSA) is 63.9 Å². The highest BCUT2D eigenvalue weighted by Crippen LogP contribution is 2.34. The van der Waals surface area contributed by atoms with Crippen molar-refractivity contribution in [2.24, 2.45) is 0 Å². The minimum absolute atomic E-state index is 0.172. The summed E-state index contributed by atoms with van der Waals surface area (Å²) in [7, 11) is 0. The van der Waals surface area contributed by atoms with E-state index >= 15 is 0 Å². The van der Waals surface area contributed by atoms with Gasteiger partial charge in [-0.2, -0.15) is 4.68 Å². The van der Waals surface area contributed by atoms with Gasteiger partial charge in [0.05, 0.1) is 11.4 Å². The Morgan fingerprint density at radius 3 is 2.85 bits per heavy atom. The highest BCUT2D eigenvalue weighted by atomic mass is 32.2. The van der Waals surface area contributed by atoms with E-state index in [0.717, 1.165) is 36.9 Å². The maximum Gasteiger partial charge on any atom is 0.237 e. The summed E-state index contributed by atoms with van der Waals surface area (Å²) < 4.78 is 1.73. The van der Waals surface area contributed by atoms with Gasteiger partial charge in [0.25, 0.3) is 0 Å². The lowest BCUT2D eigenvalue weighted by atomic mass is 10.0. The molecule has 1 aromatic carbocycles. The molecule has 2 aliphatic rings. The summed E-state index contributed by atoms with van der Waals surface area (Å²) in [4.78, 5) is 15.0. The van der Waals surface area contributed by atoms with Crippen LogP contribution in [0.2, 0.25) is 0 Å². The van der Waals surface area contributed by atoms with Crippen LogP contribution in [-0.2, 0) is 4.79 Å². The first-order valence-corrected chi connectivity index (χ1v) is 10.6. The predicted octanol–water partition coefficient (Wildman–Crippen LogP) is 3.82. The maximum atomic E-state index is 13.0. The third-order valence-electron chi connectivity index (χ3n) is 5.10. The fraction of sp³-hybridized carbons (Fsp3) is 0.500. The third kappa shape index (κ3) is 4.08. The second-order valence-corrected chi connectivity index (χ2v) is 8.33. The van der Waals surface area contributed by atoms with Crippen LogP contribution in [-0.4, -0.2) is 42.8 Å². The summed E-state index contributed by atoms with van der Waals surface area (Å²) in [6.45, 7) is 4.12. The average molecular weight is 384 g/mol. The smallest absolute Gasteiger partial charge is 0.237 e. The highest BCUT2D eigenvalue weighted by molar-refractivity contribution is 7.99. The Bertz CT molecular complexity index is 871. The number of carbonyl (C=O) groups is 1. The summed E-state index contributed by atoms with van der Waals surface area (Å²) in [5.41, 5.74) is 4.50. The van der Waals surface area contributed by atoms with Gasteiger partial charge in [0, 0.05) is 11.7 Å². The molecule has 0 aliphatic heterocycles. The predicted molar refractivity (Wildman–Crippen MR) is 106 cm³/mol. The largest absolute Gasteiger partial charge is 0.313 e. The molecule has 1 aromatic heterocycles. The van der Waals surface area contributed by atoms with Crippen LogP contribution in [0.1, 0.15) is 49.7 Å². The fourth-order valence-corrected chi connectivity index (χ4v) is 4.37. The molecule has 2 aliphatic carbocycles. The van der Waals surface area contributed by atoms with Gasteiger partial charge >= 0.3 is 0 Å². The number of aromatic nitrogens is 4. The number of tetrazole rings is 1. The number of thioether (sulfide) groups is 1. The molecule has 4 rings (SSSR count). The van der Waals surface area contributed by atoms with Crippen molar-refractivity contribution in [3.8, 4) is 5.69 Å². The quantitative estimate of drug-likeness (QED) is 0.710. The molecule has 6 nitrogen and oxygen atoms in total. The molecule has 2 aromatic rings. The normalized spacial score (nSPS) is 16.9. The molecule has 0 saturated heterocycles. The van der Waals surface area contributed by atoms with Gasteiger partial charge in [0.2, 0.25) is 11.1 Å². The zero-order valence-electron chi connectivity index (χ0n) is 15.9. The molecule has 0 N–H and O–H groups in total.